The van der Waals surface area contributed by atoms with E-state index in [1.807, 2.05) is 43.1 Å². The number of hydrogen-bond donors (Lipinski definition) is 1. The van der Waals surface area contributed by atoms with Gasteiger partial charge >= 0.3 is 6.61 Å². The maximum Gasteiger partial charge on any atom is 0.387 e. The van der Waals surface area contributed by atoms with E-state index in [0.29, 0.717) is 24.9 Å². The van der Waals surface area contributed by atoms with Gasteiger partial charge in [0.05, 0.1) is 18.2 Å². The molecule has 8 heteroatoms. The van der Waals surface area contributed by atoms with Gasteiger partial charge < -0.3 is 20.1 Å². The molecule has 0 bridgehead atoms. The molecule has 3 rings (SSSR count). The average molecular weight is 396 g/mol. The number of aliphatic imine (C=N–C) groups is 1. The first-order valence-corrected chi connectivity index (χ1v) is 8.78. The summed E-state index contributed by atoms with van der Waals surface area (Å²) in [6.07, 6.45) is 0. The predicted octanol–water partition coefficient (Wildman–Crippen LogP) is 3.84. The molecule has 0 saturated carbocycles. The van der Waals surface area contributed by atoms with Gasteiger partial charge in [-0.1, -0.05) is 29.8 Å². The van der Waals surface area contributed by atoms with E-state index in [1.165, 1.54) is 6.07 Å². The van der Waals surface area contributed by atoms with E-state index in [9.17, 15) is 8.78 Å². The summed E-state index contributed by atoms with van der Waals surface area (Å²) >= 11 is 6.18. The molecular formula is C19H20ClF2N3O2. The molecule has 144 valence electrons. The zero-order valence-corrected chi connectivity index (χ0v) is 15.7. The second-order valence-corrected chi connectivity index (χ2v) is 6.58. The van der Waals surface area contributed by atoms with Gasteiger partial charge in [0.1, 0.15) is 17.0 Å². The van der Waals surface area contributed by atoms with E-state index in [-0.39, 0.29) is 10.8 Å². The number of halogens is 3. The fourth-order valence-corrected chi connectivity index (χ4v) is 3.40. The lowest BCUT2D eigenvalue weighted by Gasteiger charge is -2.29. The molecule has 5 nitrogen and oxygen atoms in total. The molecule has 1 aliphatic rings. The van der Waals surface area contributed by atoms with Crippen LogP contribution in [0.5, 0.6) is 11.5 Å². The normalized spacial score (nSPS) is 19.3. The van der Waals surface area contributed by atoms with E-state index >= 15 is 0 Å². The Morgan fingerprint density at radius 1 is 1.26 bits per heavy atom. The van der Waals surface area contributed by atoms with Crippen molar-refractivity contribution in [1.82, 2.24) is 4.90 Å². The van der Waals surface area contributed by atoms with Gasteiger partial charge in [-0.15, -0.1) is 0 Å². The third-order valence-electron chi connectivity index (χ3n) is 4.41. The van der Waals surface area contributed by atoms with Crippen LogP contribution < -0.4 is 15.2 Å². The molecule has 27 heavy (non-hydrogen) atoms. The Bertz CT molecular complexity index is 863. The van der Waals surface area contributed by atoms with Crippen LogP contribution in [0.3, 0.4) is 0 Å². The van der Waals surface area contributed by atoms with Gasteiger partial charge in [0.15, 0.2) is 5.96 Å². The summed E-state index contributed by atoms with van der Waals surface area (Å²) in [4.78, 5) is 6.52. The Morgan fingerprint density at radius 3 is 2.59 bits per heavy atom. The number of alkyl halides is 2. The van der Waals surface area contributed by atoms with Gasteiger partial charge in [-0.25, -0.2) is 4.99 Å². The van der Waals surface area contributed by atoms with E-state index in [4.69, 9.17) is 27.1 Å². The fourth-order valence-electron chi connectivity index (χ4n) is 3.18. The van der Waals surface area contributed by atoms with Gasteiger partial charge in [-0.3, -0.25) is 0 Å². The standard InChI is InChI=1S/C19H20ClF2N3O2/c1-3-26-14-6-4-5-12(9-14)19(11-25(2)18(23)24-19)13-7-8-16(15(20)10-13)27-17(21)22/h4-10,17H,3,11H2,1-2H3,(H2,23,24). The molecule has 0 amide bonds. The molecular weight excluding hydrogens is 376 g/mol. The van der Waals surface area contributed by atoms with Crippen LogP contribution in [0.15, 0.2) is 47.5 Å². The Kier molecular flexibility index (Phi) is 5.41. The lowest BCUT2D eigenvalue weighted by molar-refractivity contribution is -0.0498. The van der Waals surface area contributed by atoms with Gasteiger partial charge in [-0.05, 0) is 42.3 Å². The van der Waals surface area contributed by atoms with Gasteiger partial charge in [-0.2, -0.15) is 8.78 Å². The third-order valence-corrected chi connectivity index (χ3v) is 4.71. The predicted molar refractivity (Wildman–Crippen MR) is 101 cm³/mol. The summed E-state index contributed by atoms with van der Waals surface area (Å²) in [6, 6.07) is 12.2. The SMILES string of the molecule is CCOc1cccc(C2(c3ccc(OC(F)F)c(Cl)c3)CN(C)C(N)=N2)c1. The van der Waals surface area contributed by atoms with Crippen LogP contribution in [0.1, 0.15) is 18.1 Å². The van der Waals surface area contributed by atoms with Crippen LogP contribution >= 0.6 is 11.6 Å². The Labute approximate surface area is 161 Å². The van der Waals surface area contributed by atoms with Crippen molar-refractivity contribution in [3.05, 3.63) is 58.6 Å². The number of hydrogen-bond acceptors (Lipinski definition) is 5. The van der Waals surface area contributed by atoms with E-state index in [0.717, 1.165) is 11.1 Å². The average Bonchev–Trinajstić information content (AvgIpc) is 2.93. The van der Waals surface area contributed by atoms with Crippen LogP contribution in [0.4, 0.5) is 8.78 Å². The highest BCUT2D eigenvalue weighted by Gasteiger charge is 2.41. The minimum Gasteiger partial charge on any atom is -0.494 e. The molecule has 1 unspecified atom stereocenters. The molecule has 0 aliphatic carbocycles. The molecule has 1 aliphatic heterocycles. The lowest BCUT2D eigenvalue weighted by Crippen LogP contribution is -2.34. The van der Waals surface area contributed by atoms with Crippen molar-refractivity contribution in [2.75, 3.05) is 20.2 Å². The zero-order chi connectivity index (χ0) is 19.6. The number of rotatable bonds is 6. The van der Waals surface area contributed by atoms with Crippen molar-refractivity contribution >= 4 is 17.6 Å². The molecule has 0 radical (unpaired) electrons. The zero-order valence-electron chi connectivity index (χ0n) is 15.0. The second-order valence-electron chi connectivity index (χ2n) is 6.17. The summed E-state index contributed by atoms with van der Waals surface area (Å²) in [5, 5.41) is 0.0801. The molecule has 2 aromatic carbocycles. The first-order chi connectivity index (χ1) is 12.9. The first kappa shape index (κ1) is 19.2. The van der Waals surface area contributed by atoms with Crippen molar-refractivity contribution in [1.29, 1.82) is 0 Å². The van der Waals surface area contributed by atoms with E-state index in [1.54, 1.807) is 12.1 Å². The smallest absolute Gasteiger partial charge is 0.387 e. The van der Waals surface area contributed by atoms with Gasteiger partial charge in [0, 0.05) is 7.05 Å². The van der Waals surface area contributed by atoms with Crippen molar-refractivity contribution in [3.63, 3.8) is 0 Å². The lowest BCUT2D eigenvalue weighted by atomic mass is 9.83. The Balaban J connectivity index is 2.10. The Hall–Kier alpha value is -2.54. The third kappa shape index (κ3) is 3.78. The maximum absolute atomic E-state index is 12.5. The monoisotopic (exact) mass is 395 g/mol. The topological polar surface area (TPSA) is 60.1 Å². The maximum atomic E-state index is 12.5. The number of ether oxygens (including phenoxy) is 2. The van der Waals surface area contributed by atoms with Crippen molar-refractivity contribution in [2.45, 2.75) is 19.1 Å². The summed E-state index contributed by atoms with van der Waals surface area (Å²) < 4.78 is 35.1. The van der Waals surface area contributed by atoms with Gasteiger partial charge in [0.2, 0.25) is 0 Å². The van der Waals surface area contributed by atoms with Crippen LogP contribution in [-0.4, -0.2) is 37.7 Å². The minimum absolute atomic E-state index is 0.0801. The number of nitrogens with zero attached hydrogens (tertiary/aromatic N) is 2. The molecule has 0 saturated heterocycles. The van der Waals surface area contributed by atoms with Crippen LogP contribution in [0.25, 0.3) is 0 Å². The number of likely N-dealkylation sites (N-methyl/N-ethyl adjacent to an activating group) is 1. The van der Waals surface area contributed by atoms with Crippen LogP contribution in [0, 0.1) is 0 Å². The molecule has 2 aromatic rings. The molecule has 0 aromatic heterocycles. The summed E-state index contributed by atoms with van der Waals surface area (Å²) in [5.41, 5.74) is 6.79. The van der Waals surface area contributed by atoms with Crippen molar-refractivity contribution < 1.29 is 18.3 Å². The largest absolute Gasteiger partial charge is 0.494 e. The van der Waals surface area contributed by atoms with E-state index in [2.05, 4.69) is 4.74 Å². The van der Waals surface area contributed by atoms with Crippen LogP contribution in [0.2, 0.25) is 5.02 Å². The highest BCUT2D eigenvalue weighted by atomic mass is 35.5. The van der Waals surface area contributed by atoms with Gasteiger partial charge in [0.25, 0.3) is 0 Å². The highest BCUT2D eigenvalue weighted by Crippen LogP contribution is 2.41. The summed E-state index contributed by atoms with van der Waals surface area (Å²) in [5.74, 6) is 0.999. The first-order valence-electron chi connectivity index (χ1n) is 8.40. The molecule has 1 heterocycles. The molecule has 1 atom stereocenters. The number of guanidine groups is 1. The molecule has 0 fully saturated rings. The highest BCUT2D eigenvalue weighted by molar-refractivity contribution is 6.32. The van der Waals surface area contributed by atoms with Crippen LogP contribution in [-0.2, 0) is 5.54 Å². The number of benzene rings is 2. The molecule has 2 N–H and O–H groups in total. The minimum atomic E-state index is -2.95. The Morgan fingerprint density at radius 2 is 2.00 bits per heavy atom. The second kappa shape index (κ2) is 7.60. The fraction of sp³-hybridized carbons (Fsp3) is 0.316. The van der Waals surface area contributed by atoms with Crippen molar-refractivity contribution in [2.24, 2.45) is 10.7 Å². The molecule has 0 spiro atoms. The summed E-state index contributed by atoms with van der Waals surface area (Å²) in [7, 11) is 1.84. The summed E-state index contributed by atoms with van der Waals surface area (Å²) in [6.45, 7) is -0.0345. The van der Waals surface area contributed by atoms with Crippen molar-refractivity contribution in [3.8, 4) is 11.5 Å². The number of nitrogens with two attached hydrogens (primary N) is 1. The van der Waals surface area contributed by atoms with E-state index < -0.39 is 12.2 Å². The quantitative estimate of drug-likeness (QED) is 0.807.